The summed E-state index contributed by atoms with van der Waals surface area (Å²) in [4.78, 5) is 12.0. The highest BCUT2D eigenvalue weighted by Crippen LogP contribution is 2.33. The summed E-state index contributed by atoms with van der Waals surface area (Å²) in [6, 6.07) is 15.5. The molecule has 0 aliphatic rings. The summed E-state index contributed by atoms with van der Waals surface area (Å²) < 4.78 is 45.4. The Morgan fingerprint density at radius 2 is 1.83 bits per heavy atom. The number of hydrogen-bond donors (Lipinski definition) is 2. The van der Waals surface area contributed by atoms with Crippen molar-refractivity contribution in [3.63, 3.8) is 0 Å². The Balaban J connectivity index is 1.69. The highest BCUT2D eigenvalue weighted by atomic mass is 35.5. The minimum Gasteiger partial charge on any atom is -0.467 e. The largest absolute Gasteiger partial charge is 0.467 e. The van der Waals surface area contributed by atoms with Crippen molar-refractivity contribution in [3.8, 4) is 11.6 Å². The van der Waals surface area contributed by atoms with Crippen molar-refractivity contribution in [2.45, 2.75) is 12.3 Å². The molecule has 0 fully saturated rings. The SMILES string of the molecule is O=C(COc1cc(C(F)(F)F)nn1-c1ccccc1Cl)NC[C@H](O)c1ccccc1. The number of amides is 1. The van der Waals surface area contributed by atoms with Gasteiger partial charge < -0.3 is 15.2 Å². The molecule has 0 aliphatic carbocycles. The van der Waals surface area contributed by atoms with Crippen LogP contribution < -0.4 is 10.1 Å². The lowest BCUT2D eigenvalue weighted by molar-refractivity contribution is -0.141. The van der Waals surface area contributed by atoms with Crippen molar-refractivity contribution >= 4 is 17.5 Å². The third-order valence-electron chi connectivity index (χ3n) is 4.08. The Morgan fingerprint density at radius 1 is 1.17 bits per heavy atom. The van der Waals surface area contributed by atoms with Gasteiger partial charge in [-0.1, -0.05) is 54.1 Å². The minimum atomic E-state index is -4.70. The zero-order chi connectivity index (χ0) is 21.7. The fourth-order valence-electron chi connectivity index (χ4n) is 2.60. The highest BCUT2D eigenvalue weighted by Gasteiger charge is 2.36. The third kappa shape index (κ3) is 5.31. The Kier molecular flexibility index (Phi) is 6.63. The number of para-hydroxylation sites is 1. The van der Waals surface area contributed by atoms with Crippen molar-refractivity contribution < 1.29 is 27.8 Å². The number of halogens is 4. The zero-order valence-corrected chi connectivity index (χ0v) is 16.2. The first kappa shape index (κ1) is 21.7. The Hall–Kier alpha value is -3.04. The number of aromatic nitrogens is 2. The molecule has 3 rings (SSSR count). The molecule has 2 aromatic carbocycles. The van der Waals surface area contributed by atoms with Gasteiger partial charge in [-0.05, 0) is 17.7 Å². The number of aliphatic hydroxyl groups excluding tert-OH is 1. The predicted octanol–water partition coefficient (Wildman–Crippen LogP) is 3.77. The quantitative estimate of drug-likeness (QED) is 0.587. The molecule has 0 saturated carbocycles. The third-order valence-corrected chi connectivity index (χ3v) is 4.40. The van der Waals surface area contributed by atoms with E-state index in [-0.39, 0.29) is 23.1 Å². The Labute approximate surface area is 174 Å². The maximum Gasteiger partial charge on any atom is 0.435 e. The number of carbonyl (C=O) groups is 1. The van der Waals surface area contributed by atoms with Crippen molar-refractivity contribution in [3.05, 3.63) is 76.9 Å². The van der Waals surface area contributed by atoms with Crippen LogP contribution in [0.3, 0.4) is 0 Å². The maximum absolute atomic E-state index is 13.1. The molecule has 0 unspecified atom stereocenters. The van der Waals surface area contributed by atoms with Gasteiger partial charge in [-0.15, -0.1) is 0 Å². The van der Waals surface area contributed by atoms with Crippen LogP contribution in [0, 0.1) is 0 Å². The average molecular weight is 440 g/mol. The van der Waals surface area contributed by atoms with Gasteiger partial charge in [0.25, 0.3) is 5.91 Å². The molecule has 0 radical (unpaired) electrons. The summed E-state index contributed by atoms with van der Waals surface area (Å²) in [5.74, 6) is -0.917. The standard InChI is InChI=1S/C20H17ClF3N3O3/c21-14-8-4-5-9-15(14)27-19(10-17(26-27)20(22,23)24)30-12-18(29)25-11-16(28)13-6-2-1-3-7-13/h1-10,16,28H,11-12H2,(H,25,29)/t16-/m0/s1. The molecular formula is C20H17ClF3N3O3. The number of aliphatic hydroxyl groups is 1. The Bertz CT molecular complexity index is 1010. The summed E-state index contributed by atoms with van der Waals surface area (Å²) >= 11 is 6.06. The van der Waals surface area contributed by atoms with Gasteiger partial charge in [0.05, 0.1) is 16.8 Å². The second-order valence-corrected chi connectivity index (χ2v) is 6.66. The van der Waals surface area contributed by atoms with Gasteiger partial charge in [0.2, 0.25) is 5.88 Å². The number of rotatable bonds is 7. The van der Waals surface area contributed by atoms with Crippen LogP contribution in [0.15, 0.2) is 60.7 Å². The first-order valence-electron chi connectivity index (χ1n) is 8.80. The smallest absolute Gasteiger partial charge is 0.435 e. The summed E-state index contributed by atoms with van der Waals surface area (Å²) in [7, 11) is 0. The summed E-state index contributed by atoms with van der Waals surface area (Å²) in [6.07, 6.45) is -5.63. The van der Waals surface area contributed by atoms with E-state index in [0.717, 1.165) is 4.68 Å². The monoisotopic (exact) mass is 439 g/mol. The molecule has 2 N–H and O–H groups in total. The van der Waals surface area contributed by atoms with E-state index in [9.17, 15) is 23.1 Å². The molecule has 0 spiro atoms. The maximum atomic E-state index is 13.1. The molecule has 0 saturated heterocycles. The molecule has 1 atom stereocenters. The Morgan fingerprint density at radius 3 is 2.50 bits per heavy atom. The summed E-state index contributed by atoms with van der Waals surface area (Å²) in [5, 5.41) is 16.2. The van der Waals surface area contributed by atoms with E-state index in [1.54, 1.807) is 42.5 Å². The number of ether oxygens (including phenoxy) is 1. The van der Waals surface area contributed by atoms with Gasteiger partial charge >= 0.3 is 6.18 Å². The molecule has 0 bridgehead atoms. The van der Waals surface area contributed by atoms with E-state index in [1.807, 2.05) is 0 Å². The number of benzene rings is 2. The molecule has 1 amide bonds. The van der Waals surface area contributed by atoms with Crippen molar-refractivity contribution in [2.24, 2.45) is 0 Å². The van der Waals surface area contributed by atoms with E-state index >= 15 is 0 Å². The van der Waals surface area contributed by atoms with Crippen LogP contribution in [-0.4, -0.2) is 33.9 Å². The van der Waals surface area contributed by atoms with Crippen LogP contribution in [-0.2, 0) is 11.0 Å². The lowest BCUT2D eigenvalue weighted by Crippen LogP contribution is -2.32. The minimum absolute atomic E-state index is 0.0796. The van der Waals surface area contributed by atoms with Crippen molar-refractivity contribution in [1.82, 2.24) is 15.1 Å². The van der Waals surface area contributed by atoms with Gasteiger partial charge in [0.1, 0.15) is 0 Å². The predicted molar refractivity (Wildman–Crippen MR) is 103 cm³/mol. The van der Waals surface area contributed by atoms with Crippen LogP contribution in [0.25, 0.3) is 5.69 Å². The molecule has 6 nitrogen and oxygen atoms in total. The van der Waals surface area contributed by atoms with E-state index in [0.29, 0.717) is 11.6 Å². The van der Waals surface area contributed by atoms with Gasteiger partial charge in [0, 0.05) is 12.6 Å². The van der Waals surface area contributed by atoms with E-state index < -0.39 is 30.5 Å². The second-order valence-electron chi connectivity index (χ2n) is 6.25. The average Bonchev–Trinajstić information content (AvgIpc) is 3.16. The summed E-state index contributed by atoms with van der Waals surface area (Å²) in [6.45, 7) is -0.654. The molecular weight excluding hydrogens is 423 g/mol. The van der Waals surface area contributed by atoms with Crippen molar-refractivity contribution in [2.75, 3.05) is 13.2 Å². The van der Waals surface area contributed by atoms with Crippen molar-refractivity contribution in [1.29, 1.82) is 0 Å². The molecule has 158 valence electrons. The van der Waals surface area contributed by atoms with Crippen LogP contribution in [0.5, 0.6) is 5.88 Å². The molecule has 0 aliphatic heterocycles. The first-order chi connectivity index (χ1) is 14.3. The van der Waals surface area contributed by atoms with E-state index in [4.69, 9.17) is 16.3 Å². The van der Waals surface area contributed by atoms with E-state index in [2.05, 4.69) is 10.4 Å². The lowest BCUT2D eigenvalue weighted by atomic mass is 10.1. The summed E-state index contributed by atoms with van der Waals surface area (Å²) in [5.41, 5.74) is -0.396. The van der Waals surface area contributed by atoms with Gasteiger partial charge in [-0.2, -0.15) is 23.0 Å². The van der Waals surface area contributed by atoms with E-state index in [1.165, 1.54) is 12.1 Å². The fraction of sp³-hybridized carbons (Fsp3) is 0.200. The molecule has 1 aromatic heterocycles. The number of carbonyl (C=O) groups excluding carboxylic acids is 1. The number of alkyl halides is 3. The fourth-order valence-corrected chi connectivity index (χ4v) is 2.81. The van der Waals surface area contributed by atoms with Gasteiger partial charge in [-0.25, -0.2) is 0 Å². The van der Waals surface area contributed by atoms with Gasteiger partial charge in [-0.3, -0.25) is 4.79 Å². The van der Waals surface area contributed by atoms with Gasteiger partial charge in [0.15, 0.2) is 12.3 Å². The number of hydrogen-bond acceptors (Lipinski definition) is 4. The highest BCUT2D eigenvalue weighted by molar-refractivity contribution is 6.32. The molecule has 1 heterocycles. The number of nitrogens with one attached hydrogen (secondary N) is 1. The molecule has 3 aromatic rings. The number of nitrogens with zero attached hydrogens (tertiary/aromatic N) is 2. The van der Waals surface area contributed by atoms with Crippen LogP contribution in [0.4, 0.5) is 13.2 Å². The topological polar surface area (TPSA) is 76.4 Å². The zero-order valence-electron chi connectivity index (χ0n) is 15.4. The first-order valence-corrected chi connectivity index (χ1v) is 9.18. The normalized spacial score (nSPS) is 12.4. The van der Waals surface area contributed by atoms with Crippen LogP contribution >= 0.6 is 11.6 Å². The molecule has 10 heteroatoms. The van der Waals surface area contributed by atoms with Crippen LogP contribution in [0.2, 0.25) is 5.02 Å². The molecule has 30 heavy (non-hydrogen) atoms. The lowest BCUT2D eigenvalue weighted by Gasteiger charge is -2.13. The van der Waals surface area contributed by atoms with Crippen LogP contribution in [0.1, 0.15) is 17.4 Å². The second kappa shape index (κ2) is 9.19.